The number of nitrogens with zero attached hydrogens (tertiary/aromatic N) is 4. The number of aromatic nitrogens is 2. The molecule has 0 saturated carbocycles. The zero-order valence-electron chi connectivity index (χ0n) is 16.4. The van der Waals surface area contributed by atoms with E-state index in [1.807, 2.05) is 12.1 Å². The minimum Gasteiger partial charge on any atom is -0.493 e. The van der Waals surface area contributed by atoms with Gasteiger partial charge < -0.3 is 25.4 Å². The molecule has 2 heterocycles. The number of nitrogens with two attached hydrogens (primary N) is 1. The molecule has 1 aromatic heterocycles. The van der Waals surface area contributed by atoms with Crippen LogP contribution in [0, 0.1) is 11.3 Å². The molecule has 2 aromatic carbocycles. The number of anilines is 4. The third-order valence-corrected chi connectivity index (χ3v) is 4.93. The zero-order valence-corrected chi connectivity index (χ0v) is 16.4. The number of hydrogen-bond donors (Lipinski definition) is 2. The van der Waals surface area contributed by atoms with Gasteiger partial charge in [0.15, 0.2) is 11.5 Å². The van der Waals surface area contributed by atoms with Crippen LogP contribution < -0.4 is 25.4 Å². The largest absolute Gasteiger partial charge is 0.493 e. The Balaban J connectivity index is 1.84. The first-order chi connectivity index (χ1) is 14.1. The number of nitrogens with one attached hydrogen (secondary N) is 1. The van der Waals surface area contributed by atoms with Crippen molar-refractivity contribution in [1.29, 1.82) is 5.26 Å². The molecule has 0 bridgehead atoms. The summed E-state index contributed by atoms with van der Waals surface area (Å²) >= 11 is 0. The number of rotatable bonds is 5. The maximum absolute atomic E-state index is 9.19. The first-order valence-corrected chi connectivity index (χ1v) is 9.37. The van der Waals surface area contributed by atoms with E-state index in [1.165, 1.54) is 0 Å². The van der Waals surface area contributed by atoms with Gasteiger partial charge >= 0.3 is 0 Å². The van der Waals surface area contributed by atoms with Crippen LogP contribution in [0.1, 0.15) is 18.4 Å². The summed E-state index contributed by atoms with van der Waals surface area (Å²) < 4.78 is 10.9. The Morgan fingerprint density at radius 1 is 1.03 bits per heavy atom. The highest BCUT2D eigenvalue weighted by Gasteiger charge is 2.20. The molecular formula is C21H22N6O2. The summed E-state index contributed by atoms with van der Waals surface area (Å²) in [6.45, 7) is 1.88. The van der Waals surface area contributed by atoms with E-state index in [9.17, 15) is 5.26 Å². The fourth-order valence-electron chi connectivity index (χ4n) is 3.58. The van der Waals surface area contributed by atoms with Gasteiger partial charge in [-0.1, -0.05) is 0 Å². The standard InChI is InChI=1S/C21H22N6O2/c1-28-18-10-16-17(11-19(18)29-2)25-21(26-20(16)27-5-3-4-6-27)24-15-8-13(12-22)7-14(23)9-15/h7-11H,3-6,23H2,1-2H3,(H,24,25,26). The van der Waals surface area contributed by atoms with E-state index < -0.39 is 0 Å². The predicted octanol–water partition coefficient (Wildman–Crippen LogP) is 3.44. The SMILES string of the molecule is COc1cc2nc(Nc3cc(N)cc(C#N)c3)nc(N3CCCC3)c2cc1OC. The fourth-order valence-corrected chi connectivity index (χ4v) is 3.58. The highest BCUT2D eigenvalue weighted by molar-refractivity contribution is 5.93. The molecule has 1 aliphatic rings. The normalized spacial score (nSPS) is 13.3. The number of ether oxygens (including phenoxy) is 2. The maximum Gasteiger partial charge on any atom is 0.229 e. The van der Waals surface area contributed by atoms with E-state index in [0.717, 1.165) is 42.7 Å². The van der Waals surface area contributed by atoms with Crippen LogP contribution in [0.15, 0.2) is 30.3 Å². The molecule has 4 rings (SSSR count). The third-order valence-electron chi connectivity index (χ3n) is 4.93. The number of methoxy groups -OCH3 is 2. The molecule has 1 saturated heterocycles. The predicted molar refractivity (Wildman–Crippen MR) is 113 cm³/mol. The van der Waals surface area contributed by atoms with E-state index in [2.05, 4.69) is 21.3 Å². The van der Waals surface area contributed by atoms with Crippen LogP contribution in [0.4, 0.5) is 23.1 Å². The van der Waals surface area contributed by atoms with E-state index in [1.54, 1.807) is 32.4 Å². The molecule has 0 spiro atoms. The van der Waals surface area contributed by atoms with Crippen molar-refractivity contribution < 1.29 is 9.47 Å². The summed E-state index contributed by atoms with van der Waals surface area (Å²) in [5.74, 6) is 2.52. The Kier molecular flexibility index (Phi) is 4.96. The van der Waals surface area contributed by atoms with E-state index in [-0.39, 0.29) is 0 Å². The number of fused-ring (bicyclic) bond motifs is 1. The molecule has 1 aliphatic heterocycles. The minimum atomic E-state index is 0.432. The lowest BCUT2D eigenvalue weighted by Gasteiger charge is -2.20. The van der Waals surface area contributed by atoms with Crippen LogP contribution >= 0.6 is 0 Å². The second-order valence-corrected chi connectivity index (χ2v) is 6.87. The fraction of sp³-hybridized carbons (Fsp3) is 0.286. The summed E-state index contributed by atoms with van der Waals surface area (Å²) in [4.78, 5) is 11.7. The van der Waals surface area contributed by atoms with Crippen LogP contribution in [0.2, 0.25) is 0 Å². The maximum atomic E-state index is 9.19. The molecular weight excluding hydrogens is 368 g/mol. The molecule has 0 radical (unpaired) electrons. The lowest BCUT2D eigenvalue weighted by molar-refractivity contribution is 0.356. The van der Waals surface area contributed by atoms with Crippen molar-refractivity contribution in [2.75, 3.05) is 43.3 Å². The number of hydrogen-bond acceptors (Lipinski definition) is 8. The van der Waals surface area contributed by atoms with Gasteiger partial charge in [-0.05, 0) is 37.1 Å². The second-order valence-electron chi connectivity index (χ2n) is 6.87. The average molecular weight is 390 g/mol. The third kappa shape index (κ3) is 3.67. The van der Waals surface area contributed by atoms with Gasteiger partial charge in [-0.2, -0.15) is 10.2 Å². The number of nitrogen functional groups attached to an aromatic ring is 1. The van der Waals surface area contributed by atoms with Gasteiger partial charge in [0.2, 0.25) is 5.95 Å². The lowest BCUT2D eigenvalue weighted by Crippen LogP contribution is -2.20. The summed E-state index contributed by atoms with van der Waals surface area (Å²) in [6, 6.07) is 11.0. The molecule has 8 nitrogen and oxygen atoms in total. The topological polar surface area (TPSA) is 109 Å². The average Bonchev–Trinajstić information content (AvgIpc) is 3.26. The van der Waals surface area contributed by atoms with Crippen LogP contribution in [-0.4, -0.2) is 37.3 Å². The Labute approximate surface area is 168 Å². The van der Waals surface area contributed by atoms with Gasteiger partial charge in [0.1, 0.15) is 5.82 Å². The Morgan fingerprint density at radius 3 is 2.45 bits per heavy atom. The van der Waals surface area contributed by atoms with Crippen molar-refractivity contribution in [2.24, 2.45) is 0 Å². The van der Waals surface area contributed by atoms with Gasteiger partial charge in [0.05, 0.1) is 31.4 Å². The zero-order chi connectivity index (χ0) is 20.4. The summed E-state index contributed by atoms with van der Waals surface area (Å²) in [7, 11) is 3.21. The molecule has 148 valence electrons. The highest BCUT2D eigenvalue weighted by Crippen LogP contribution is 2.37. The van der Waals surface area contributed by atoms with Crippen LogP contribution in [0.25, 0.3) is 10.9 Å². The van der Waals surface area contributed by atoms with Crippen LogP contribution in [-0.2, 0) is 0 Å². The second kappa shape index (κ2) is 7.72. The quantitative estimate of drug-likeness (QED) is 0.638. The molecule has 1 fully saturated rings. The Morgan fingerprint density at radius 2 is 1.76 bits per heavy atom. The van der Waals surface area contributed by atoms with Crippen LogP contribution in [0.5, 0.6) is 11.5 Å². The summed E-state index contributed by atoms with van der Waals surface area (Å²) in [5, 5.41) is 13.3. The minimum absolute atomic E-state index is 0.432. The van der Waals surface area contributed by atoms with Crippen molar-refractivity contribution in [3.63, 3.8) is 0 Å². The molecule has 0 amide bonds. The highest BCUT2D eigenvalue weighted by atomic mass is 16.5. The Bertz CT molecular complexity index is 1100. The van der Waals surface area contributed by atoms with E-state index in [4.69, 9.17) is 20.2 Å². The molecule has 3 aromatic rings. The van der Waals surface area contributed by atoms with Crippen molar-refractivity contribution >= 4 is 34.0 Å². The van der Waals surface area contributed by atoms with E-state index >= 15 is 0 Å². The van der Waals surface area contributed by atoms with Crippen LogP contribution in [0.3, 0.4) is 0 Å². The molecule has 8 heteroatoms. The van der Waals surface area contributed by atoms with Gasteiger partial charge in [0.25, 0.3) is 0 Å². The van der Waals surface area contributed by atoms with Gasteiger partial charge in [-0.3, -0.25) is 0 Å². The molecule has 0 unspecified atom stereocenters. The van der Waals surface area contributed by atoms with Crippen molar-refractivity contribution in [3.8, 4) is 17.6 Å². The molecule has 3 N–H and O–H groups in total. The van der Waals surface area contributed by atoms with Gasteiger partial charge in [0, 0.05) is 35.9 Å². The monoisotopic (exact) mass is 390 g/mol. The smallest absolute Gasteiger partial charge is 0.229 e. The number of benzene rings is 2. The summed E-state index contributed by atoms with van der Waals surface area (Å²) in [6.07, 6.45) is 2.25. The van der Waals surface area contributed by atoms with E-state index in [0.29, 0.717) is 34.4 Å². The summed E-state index contributed by atoms with van der Waals surface area (Å²) in [5.41, 5.74) is 8.28. The first-order valence-electron chi connectivity index (χ1n) is 9.37. The lowest BCUT2D eigenvalue weighted by atomic mass is 10.2. The first kappa shape index (κ1) is 18.6. The molecule has 29 heavy (non-hydrogen) atoms. The Hall–Kier alpha value is -3.73. The van der Waals surface area contributed by atoms with Crippen molar-refractivity contribution in [2.45, 2.75) is 12.8 Å². The van der Waals surface area contributed by atoms with Crippen molar-refractivity contribution in [3.05, 3.63) is 35.9 Å². The van der Waals surface area contributed by atoms with Gasteiger partial charge in [-0.25, -0.2) is 4.98 Å². The number of nitriles is 1. The molecule has 0 aliphatic carbocycles. The molecule has 0 atom stereocenters. The van der Waals surface area contributed by atoms with Gasteiger partial charge in [-0.15, -0.1) is 0 Å². The van der Waals surface area contributed by atoms with Crippen molar-refractivity contribution in [1.82, 2.24) is 9.97 Å².